The van der Waals surface area contributed by atoms with Gasteiger partial charge in [0, 0.05) is 11.8 Å². The van der Waals surface area contributed by atoms with Crippen LogP contribution in [-0.4, -0.2) is 19.6 Å². The van der Waals surface area contributed by atoms with Gasteiger partial charge in [-0.1, -0.05) is 6.07 Å². The minimum Gasteiger partial charge on any atom is -0.389 e. The van der Waals surface area contributed by atoms with E-state index in [1.54, 1.807) is 19.4 Å². The molecule has 4 nitrogen and oxygen atoms in total. The van der Waals surface area contributed by atoms with E-state index < -0.39 is 6.10 Å². The Kier molecular flexibility index (Phi) is 3.03. The molecule has 0 aliphatic heterocycles. The number of fused-ring (bicyclic) bond motifs is 1. The number of hydrogen-bond acceptors (Lipinski definition) is 3. The van der Waals surface area contributed by atoms with E-state index >= 15 is 0 Å². The van der Waals surface area contributed by atoms with Crippen molar-refractivity contribution in [3.63, 3.8) is 0 Å². The lowest BCUT2D eigenvalue weighted by Crippen LogP contribution is -2.04. The number of aromatic nitrogens is 3. The van der Waals surface area contributed by atoms with Crippen LogP contribution in [0.15, 0.2) is 36.8 Å². The minimum absolute atomic E-state index is 0.567. The van der Waals surface area contributed by atoms with Crippen molar-refractivity contribution in [2.45, 2.75) is 26.9 Å². The van der Waals surface area contributed by atoms with E-state index in [9.17, 15) is 5.11 Å². The maximum absolute atomic E-state index is 9.90. The molecule has 1 N–H and O–H groups in total. The van der Waals surface area contributed by atoms with Crippen LogP contribution in [0, 0.1) is 13.8 Å². The molecule has 0 amide bonds. The van der Waals surface area contributed by atoms with E-state index in [1.807, 2.05) is 16.7 Å². The summed E-state index contributed by atoms with van der Waals surface area (Å²) in [5.41, 5.74) is 5.18. The number of pyridine rings is 1. The number of hydrogen-bond donors (Lipinski definition) is 1. The first-order valence-corrected chi connectivity index (χ1v) is 6.65. The van der Waals surface area contributed by atoms with Gasteiger partial charge in [-0.2, -0.15) is 0 Å². The normalized spacial score (nSPS) is 12.8. The molecule has 0 fully saturated rings. The standard InChI is InChI=1S/C16H17N3O/c1-10-7-14-15(8-11(10)2)19(9-18-14)16-13(12(3)20)5-4-6-17-16/h4-9,12,20H,1-3H3/t12-/m1/s1. The molecular formula is C16H17N3O. The molecule has 20 heavy (non-hydrogen) atoms. The fourth-order valence-corrected chi connectivity index (χ4v) is 2.37. The van der Waals surface area contributed by atoms with Gasteiger partial charge in [-0.05, 0) is 50.1 Å². The van der Waals surface area contributed by atoms with Crippen LogP contribution in [0.1, 0.15) is 29.7 Å². The van der Waals surface area contributed by atoms with E-state index in [0.29, 0.717) is 0 Å². The zero-order chi connectivity index (χ0) is 14.3. The Bertz CT molecular complexity index is 774. The van der Waals surface area contributed by atoms with Gasteiger partial charge in [-0.25, -0.2) is 9.97 Å². The fourth-order valence-electron chi connectivity index (χ4n) is 2.37. The molecule has 0 aliphatic rings. The van der Waals surface area contributed by atoms with Crippen molar-refractivity contribution >= 4 is 11.0 Å². The molecule has 0 radical (unpaired) electrons. The fraction of sp³-hybridized carbons (Fsp3) is 0.250. The SMILES string of the molecule is Cc1cc2ncn(-c3ncccc3[C@@H](C)O)c2cc1C. The predicted molar refractivity (Wildman–Crippen MR) is 79.0 cm³/mol. The molecule has 3 rings (SSSR count). The van der Waals surface area contributed by atoms with Crippen molar-refractivity contribution in [1.82, 2.24) is 14.5 Å². The van der Waals surface area contributed by atoms with Crippen molar-refractivity contribution in [3.05, 3.63) is 53.5 Å². The van der Waals surface area contributed by atoms with Crippen molar-refractivity contribution in [3.8, 4) is 5.82 Å². The molecule has 0 spiro atoms. The molecule has 0 aliphatic carbocycles. The van der Waals surface area contributed by atoms with Crippen molar-refractivity contribution < 1.29 is 5.11 Å². The van der Waals surface area contributed by atoms with Crippen LogP contribution >= 0.6 is 0 Å². The summed E-state index contributed by atoms with van der Waals surface area (Å²) in [5.74, 6) is 0.730. The van der Waals surface area contributed by atoms with Gasteiger partial charge in [0.1, 0.15) is 12.1 Å². The summed E-state index contributed by atoms with van der Waals surface area (Å²) in [7, 11) is 0. The highest BCUT2D eigenvalue weighted by Gasteiger charge is 2.13. The molecule has 1 aromatic carbocycles. The quantitative estimate of drug-likeness (QED) is 0.776. The zero-order valence-electron chi connectivity index (χ0n) is 11.8. The highest BCUT2D eigenvalue weighted by molar-refractivity contribution is 5.79. The third kappa shape index (κ3) is 1.98. The highest BCUT2D eigenvalue weighted by atomic mass is 16.3. The first-order valence-electron chi connectivity index (χ1n) is 6.65. The van der Waals surface area contributed by atoms with Gasteiger partial charge in [0.15, 0.2) is 0 Å². The predicted octanol–water partition coefficient (Wildman–Crippen LogP) is 3.09. The molecule has 0 bridgehead atoms. The first-order chi connectivity index (χ1) is 9.58. The lowest BCUT2D eigenvalue weighted by molar-refractivity contribution is 0.198. The molecule has 0 saturated carbocycles. The number of aliphatic hydroxyl groups is 1. The number of rotatable bonds is 2. The molecule has 4 heteroatoms. The number of aryl methyl sites for hydroxylation is 2. The third-order valence-electron chi connectivity index (χ3n) is 3.66. The van der Waals surface area contributed by atoms with Gasteiger partial charge >= 0.3 is 0 Å². The lowest BCUT2D eigenvalue weighted by Gasteiger charge is -2.12. The van der Waals surface area contributed by atoms with Crippen LogP contribution in [0.25, 0.3) is 16.9 Å². The number of imidazole rings is 1. The third-order valence-corrected chi connectivity index (χ3v) is 3.66. The second-order valence-electron chi connectivity index (χ2n) is 5.13. The molecule has 0 saturated heterocycles. The van der Waals surface area contributed by atoms with Gasteiger partial charge in [-0.3, -0.25) is 4.57 Å². The van der Waals surface area contributed by atoms with Gasteiger partial charge in [0.2, 0.25) is 0 Å². The van der Waals surface area contributed by atoms with Crippen LogP contribution in [0.2, 0.25) is 0 Å². The van der Waals surface area contributed by atoms with Crippen molar-refractivity contribution in [1.29, 1.82) is 0 Å². The molecular weight excluding hydrogens is 250 g/mol. The van der Waals surface area contributed by atoms with E-state index in [1.165, 1.54) is 11.1 Å². The summed E-state index contributed by atoms with van der Waals surface area (Å²) in [6.45, 7) is 5.91. The molecule has 0 unspecified atom stereocenters. The minimum atomic E-state index is -0.567. The molecule has 2 aromatic heterocycles. The zero-order valence-corrected chi connectivity index (χ0v) is 11.8. The molecule has 3 aromatic rings. The van der Waals surface area contributed by atoms with Crippen LogP contribution < -0.4 is 0 Å². The van der Waals surface area contributed by atoms with E-state index in [4.69, 9.17) is 0 Å². The average Bonchev–Trinajstić information content (AvgIpc) is 2.82. The lowest BCUT2D eigenvalue weighted by atomic mass is 10.1. The van der Waals surface area contributed by atoms with Crippen LogP contribution in [0.4, 0.5) is 0 Å². The Balaban J connectivity index is 2.28. The maximum Gasteiger partial charge on any atom is 0.144 e. The Morgan fingerprint density at radius 2 is 1.90 bits per heavy atom. The second-order valence-corrected chi connectivity index (χ2v) is 5.13. The summed E-state index contributed by atoms with van der Waals surface area (Å²) in [5, 5.41) is 9.90. The summed E-state index contributed by atoms with van der Waals surface area (Å²) in [6.07, 6.45) is 2.92. The Morgan fingerprint density at radius 1 is 1.15 bits per heavy atom. The van der Waals surface area contributed by atoms with Gasteiger partial charge < -0.3 is 5.11 Å². The molecule has 1 atom stereocenters. The number of aliphatic hydroxyl groups excluding tert-OH is 1. The molecule has 2 heterocycles. The second kappa shape index (κ2) is 4.72. The summed E-state index contributed by atoms with van der Waals surface area (Å²) in [4.78, 5) is 8.85. The average molecular weight is 267 g/mol. The van der Waals surface area contributed by atoms with E-state index in [2.05, 4.69) is 35.9 Å². The number of nitrogens with zero attached hydrogens (tertiary/aromatic N) is 3. The number of benzene rings is 1. The van der Waals surface area contributed by atoms with E-state index in [-0.39, 0.29) is 0 Å². The Morgan fingerprint density at radius 3 is 2.65 bits per heavy atom. The Hall–Kier alpha value is -2.20. The van der Waals surface area contributed by atoms with Gasteiger partial charge in [0.05, 0.1) is 17.1 Å². The van der Waals surface area contributed by atoms with Crippen LogP contribution in [0.3, 0.4) is 0 Å². The monoisotopic (exact) mass is 267 g/mol. The summed E-state index contributed by atoms with van der Waals surface area (Å²) in [6, 6.07) is 7.91. The smallest absolute Gasteiger partial charge is 0.144 e. The highest BCUT2D eigenvalue weighted by Crippen LogP contribution is 2.25. The maximum atomic E-state index is 9.90. The van der Waals surface area contributed by atoms with E-state index in [0.717, 1.165) is 22.4 Å². The largest absolute Gasteiger partial charge is 0.389 e. The summed E-state index contributed by atoms with van der Waals surface area (Å²) < 4.78 is 1.93. The van der Waals surface area contributed by atoms with Crippen molar-refractivity contribution in [2.24, 2.45) is 0 Å². The summed E-state index contributed by atoms with van der Waals surface area (Å²) >= 11 is 0. The first kappa shape index (κ1) is 12.8. The van der Waals surface area contributed by atoms with Crippen molar-refractivity contribution in [2.75, 3.05) is 0 Å². The van der Waals surface area contributed by atoms with Crippen LogP contribution in [0.5, 0.6) is 0 Å². The van der Waals surface area contributed by atoms with Gasteiger partial charge in [0.25, 0.3) is 0 Å². The van der Waals surface area contributed by atoms with Crippen LogP contribution in [-0.2, 0) is 0 Å². The molecule has 102 valence electrons. The van der Waals surface area contributed by atoms with Gasteiger partial charge in [-0.15, -0.1) is 0 Å². The Labute approximate surface area is 117 Å². The topological polar surface area (TPSA) is 50.9 Å².